The van der Waals surface area contributed by atoms with Crippen molar-refractivity contribution in [2.45, 2.75) is 18.7 Å². The van der Waals surface area contributed by atoms with Crippen LogP contribution in [0.1, 0.15) is 12.5 Å². The summed E-state index contributed by atoms with van der Waals surface area (Å²) in [5, 5.41) is 2.56. The van der Waals surface area contributed by atoms with Crippen LogP contribution in [-0.2, 0) is 14.8 Å². The molecule has 8 heteroatoms. The second-order valence-electron chi connectivity index (χ2n) is 5.39. The molecule has 0 aliphatic heterocycles. The number of nitrogens with one attached hydrogen (secondary N) is 1. The van der Waals surface area contributed by atoms with Crippen molar-refractivity contribution >= 4 is 37.5 Å². The van der Waals surface area contributed by atoms with E-state index < -0.39 is 21.7 Å². The van der Waals surface area contributed by atoms with E-state index in [1.165, 1.54) is 24.3 Å². The maximum Gasteiger partial charge on any atom is 0.243 e. The van der Waals surface area contributed by atoms with E-state index in [0.717, 1.165) is 8.78 Å². The number of aryl methyl sites for hydroxylation is 1. The summed E-state index contributed by atoms with van der Waals surface area (Å²) in [4.78, 5) is 12.3. The fourth-order valence-electron chi connectivity index (χ4n) is 2.20. The van der Waals surface area contributed by atoms with Gasteiger partial charge in [0.15, 0.2) is 0 Å². The fraction of sp³-hybridized carbons (Fsp3) is 0.235. The molecule has 0 aromatic heterocycles. The number of likely N-dealkylation sites (N-methyl/N-ethyl adjacent to an activating group) is 1. The Kier molecular flexibility index (Phi) is 6.31. The molecule has 1 N–H and O–H groups in total. The molecule has 0 unspecified atom stereocenters. The summed E-state index contributed by atoms with van der Waals surface area (Å²) in [6.45, 7) is 3.15. The van der Waals surface area contributed by atoms with E-state index >= 15 is 0 Å². The first-order valence-electron chi connectivity index (χ1n) is 7.55. The molecule has 0 saturated carbocycles. The minimum Gasteiger partial charge on any atom is -0.325 e. The third-order valence-electron chi connectivity index (χ3n) is 3.60. The Balaban J connectivity index is 2.16. The molecule has 2 rings (SSSR count). The highest BCUT2D eigenvalue weighted by Gasteiger charge is 2.25. The summed E-state index contributed by atoms with van der Waals surface area (Å²) in [5.74, 6) is -1.01. The van der Waals surface area contributed by atoms with Crippen molar-refractivity contribution in [3.8, 4) is 0 Å². The number of rotatable bonds is 6. The zero-order valence-electron chi connectivity index (χ0n) is 13.8. The molecule has 0 heterocycles. The van der Waals surface area contributed by atoms with Gasteiger partial charge in [0.05, 0.1) is 11.4 Å². The second kappa shape index (κ2) is 8.07. The molecule has 0 aliphatic rings. The smallest absolute Gasteiger partial charge is 0.243 e. The first-order chi connectivity index (χ1) is 11.7. The normalized spacial score (nSPS) is 11.6. The van der Waals surface area contributed by atoms with E-state index in [1.54, 1.807) is 32.0 Å². The Morgan fingerprint density at radius 1 is 1.20 bits per heavy atom. The summed E-state index contributed by atoms with van der Waals surface area (Å²) < 4.78 is 40.4. The second-order valence-corrected chi connectivity index (χ2v) is 8.25. The molecule has 0 radical (unpaired) electrons. The number of nitrogens with zero attached hydrogens (tertiary/aromatic N) is 1. The zero-order chi connectivity index (χ0) is 18.6. The average Bonchev–Trinajstić information content (AvgIpc) is 2.56. The molecule has 1 amide bonds. The number of hydrogen-bond acceptors (Lipinski definition) is 3. The van der Waals surface area contributed by atoms with Gasteiger partial charge >= 0.3 is 0 Å². The third kappa shape index (κ3) is 4.87. The van der Waals surface area contributed by atoms with Crippen LogP contribution >= 0.6 is 15.9 Å². The van der Waals surface area contributed by atoms with Crippen molar-refractivity contribution in [3.05, 3.63) is 58.3 Å². The number of anilines is 1. The van der Waals surface area contributed by atoms with Crippen LogP contribution in [0.3, 0.4) is 0 Å². The lowest BCUT2D eigenvalue weighted by Crippen LogP contribution is -2.37. The first kappa shape index (κ1) is 19.6. The van der Waals surface area contributed by atoms with E-state index in [4.69, 9.17) is 0 Å². The molecule has 0 atom stereocenters. The molecule has 134 valence electrons. The first-order valence-corrected chi connectivity index (χ1v) is 9.79. The summed E-state index contributed by atoms with van der Waals surface area (Å²) in [6.07, 6.45) is 0. The Morgan fingerprint density at radius 2 is 1.84 bits per heavy atom. The molecule has 5 nitrogen and oxygen atoms in total. The lowest BCUT2D eigenvalue weighted by Gasteiger charge is -2.20. The molecule has 2 aromatic carbocycles. The van der Waals surface area contributed by atoms with Gasteiger partial charge in [0.25, 0.3) is 0 Å². The van der Waals surface area contributed by atoms with Gasteiger partial charge in [-0.15, -0.1) is 0 Å². The van der Waals surface area contributed by atoms with Crippen LogP contribution in [0, 0.1) is 12.7 Å². The van der Waals surface area contributed by atoms with Gasteiger partial charge in [-0.05, 0) is 48.9 Å². The highest BCUT2D eigenvalue weighted by atomic mass is 79.9. The largest absolute Gasteiger partial charge is 0.325 e. The predicted octanol–water partition coefficient (Wildman–Crippen LogP) is 3.55. The van der Waals surface area contributed by atoms with Gasteiger partial charge in [0.1, 0.15) is 5.82 Å². The summed E-state index contributed by atoms with van der Waals surface area (Å²) >= 11 is 3.25. The van der Waals surface area contributed by atoms with Gasteiger partial charge in [-0.25, -0.2) is 12.8 Å². The van der Waals surface area contributed by atoms with Gasteiger partial charge in [0, 0.05) is 16.7 Å². The number of carbonyl (C=O) groups excluding carboxylic acids is 1. The van der Waals surface area contributed by atoms with Crippen LogP contribution in [0.4, 0.5) is 10.1 Å². The Hall–Kier alpha value is -1.77. The number of benzene rings is 2. The van der Waals surface area contributed by atoms with Crippen LogP contribution < -0.4 is 5.32 Å². The van der Waals surface area contributed by atoms with Crippen LogP contribution in [0.5, 0.6) is 0 Å². The molecule has 2 aromatic rings. The summed E-state index contributed by atoms with van der Waals surface area (Å²) in [5.41, 5.74) is 1.01. The summed E-state index contributed by atoms with van der Waals surface area (Å²) in [7, 11) is -3.80. The molecule has 25 heavy (non-hydrogen) atoms. The SMILES string of the molecule is CCN(CC(=O)Nc1cc(F)ccc1C)S(=O)(=O)c1ccc(Br)cc1. The molecule has 0 spiro atoms. The molecular formula is C17H18BrFN2O3S. The average molecular weight is 429 g/mol. The molecule has 0 saturated heterocycles. The molecule has 0 bridgehead atoms. The van der Waals surface area contributed by atoms with Gasteiger partial charge in [-0.1, -0.05) is 28.9 Å². The maximum atomic E-state index is 13.3. The van der Waals surface area contributed by atoms with E-state index in [1.807, 2.05) is 0 Å². The topological polar surface area (TPSA) is 66.5 Å². The van der Waals surface area contributed by atoms with Crippen molar-refractivity contribution in [1.29, 1.82) is 0 Å². The lowest BCUT2D eigenvalue weighted by molar-refractivity contribution is -0.116. The standard InChI is InChI=1S/C17H18BrFN2O3S/c1-3-21(25(23,24)15-8-5-13(18)6-9-15)11-17(22)20-16-10-14(19)7-4-12(16)2/h4-10H,3,11H2,1-2H3,(H,20,22). The van der Waals surface area contributed by atoms with Crippen LogP contribution in [-0.4, -0.2) is 31.7 Å². The van der Waals surface area contributed by atoms with Crippen molar-refractivity contribution < 1.29 is 17.6 Å². The monoisotopic (exact) mass is 428 g/mol. The van der Waals surface area contributed by atoms with Crippen molar-refractivity contribution in [2.24, 2.45) is 0 Å². The molecule has 0 aliphatic carbocycles. The molecular weight excluding hydrogens is 411 g/mol. The highest BCUT2D eigenvalue weighted by molar-refractivity contribution is 9.10. The van der Waals surface area contributed by atoms with Gasteiger partial charge in [-0.3, -0.25) is 4.79 Å². The minimum absolute atomic E-state index is 0.104. The number of sulfonamides is 1. The predicted molar refractivity (Wildman–Crippen MR) is 98.3 cm³/mol. The Labute approximate surface area is 155 Å². The summed E-state index contributed by atoms with van der Waals surface area (Å²) in [6, 6.07) is 10.2. The number of carbonyl (C=O) groups is 1. The zero-order valence-corrected chi connectivity index (χ0v) is 16.2. The highest BCUT2D eigenvalue weighted by Crippen LogP contribution is 2.20. The maximum absolute atomic E-state index is 13.3. The van der Waals surface area contributed by atoms with E-state index in [9.17, 15) is 17.6 Å². The van der Waals surface area contributed by atoms with Gasteiger partial charge in [-0.2, -0.15) is 4.31 Å². The molecule has 0 fully saturated rings. The van der Waals surface area contributed by atoms with Crippen molar-refractivity contribution in [3.63, 3.8) is 0 Å². The Bertz CT molecular complexity index is 870. The van der Waals surface area contributed by atoms with E-state index in [2.05, 4.69) is 21.2 Å². The van der Waals surface area contributed by atoms with Crippen LogP contribution in [0.25, 0.3) is 0 Å². The Morgan fingerprint density at radius 3 is 2.44 bits per heavy atom. The van der Waals surface area contributed by atoms with Gasteiger partial charge in [0.2, 0.25) is 15.9 Å². The van der Waals surface area contributed by atoms with Crippen molar-refractivity contribution in [1.82, 2.24) is 4.31 Å². The van der Waals surface area contributed by atoms with Crippen molar-refractivity contribution in [2.75, 3.05) is 18.4 Å². The number of hydrogen-bond donors (Lipinski definition) is 1. The fourth-order valence-corrected chi connectivity index (χ4v) is 3.87. The van der Waals surface area contributed by atoms with Gasteiger partial charge < -0.3 is 5.32 Å². The van der Waals surface area contributed by atoms with Crippen LogP contribution in [0.15, 0.2) is 51.8 Å². The van der Waals surface area contributed by atoms with E-state index in [0.29, 0.717) is 11.3 Å². The van der Waals surface area contributed by atoms with E-state index in [-0.39, 0.29) is 18.0 Å². The quantitative estimate of drug-likeness (QED) is 0.764. The number of amides is 1. The minimum atomic E-state index is -3.80. The van der Waals surface area contributed by atoms with Crippen LogP contribution in [0.2, 0.25) is 0 Å². The number of halogens is 2. The lowest BCUT2D eigenvalue weighted by atomic mass is 10.2. The third-order valence-corrected chi connectivity index (χ3v) is 6.06.